The van der Waals surface area contributed by atoms with E-state index in [2.05, 4.69) is 15.9 Å². The normalized spacial score (nSPS) is 10.4. The highest BCUT2D eigenvalue weighted by atomic mass is 79.9. The summed E-state index contributed by atoms with van der Waals surface area (Å²) in [6.07, 6.45) is 3.21. The molecular formula is C19H16BrNO3. The van der Waals surface area contributed by atoms with Gasteiger partial charge in [0.05, 0.1) is 29.8 Å². The molecule has 0 N–H and O–H groups in total. The second kappa shape index (κ2) is 8.32. The third-order valence-corrected chi connectivity index (χ3v) is 3.85. The first-order valence-corrected chi connectivity index (χ1v) is 8.11. The van der Waals surface area contributed by atoms with Gasteiger partial charge in [-0.1, -0.05) is 6.08 Å². The first-order chi connectivity index (χ1) is 11.6. The number of allylic oxidation sites excluding steroid dienone is 1. The maximum atomic E-state index is 12.2. The van der Waals surface area contributed by atoms with E-state index >= 15 is 0 Å². The summed E-state index contributed by atoms with van der Waals surface area (Å²) in [4.78, 5) is 12.2. The van der Waals surface area contributed by atoms with Gasteiger partial charge < -0.3 is 9.47 Å². The lowest BCUT2D eigenvalue weighted by Crippen LogP contribution is -1.97. The number of ether oxygens (including phenoxy) is 2. The van der Waals surface area contributed by atoms with Crippen molar-refractivity contribution in [2.24, 2.45) is 0 Å². The molecule has 2 aromatic carbocycles. The van der Waals surface area contributed by atoms with Crippen molar-refractivity contribution in [2.75, 3.05) is 13.7 Å². The van der Waals surface area contributed by atoms with Gasteiger partial charge in [0.25, 0.3) is 0 Å². The summed E-state index contributed by atoms with van der Waals surface area (Å²) >= 11 is 3.44. The summed E-state index contributed by atoms with van der Waals surface area (Å²) in [6.45, 7) is 2.41. The molecule has 0 aliphatic rings. The molecule has 122 valence electrons. The highest BCUT2D eigenvalue weighted by Crippen LogP contribution is 2.36. The molecule has 5 heteroatoms. The van der Waals surface area contributed by atoms with Crippen LogP contribution in [0.5, 0.6) is 11.5 Å². The van der Waals surface area contributed by atoms with Crippen molar-refractivity contribution in [1.82, 2.24) is 0 Å². The van der Waals surface area contributed by atoms with Crippen LogP contribution in [0.25, 0.3) is 6.08 Å². The number of halogens is 1. The van der Waals surface area contributed by atoms with Crippen LogP contribution < -0.4 is 9.47 Å². The van der Waals surface area contributed by atoms with Crippen molar-refractivity contribution in [3.05, 3.63) is 63.6 Å². The molecule has 0 atom stereocenters. The molecule has 0 amide bonds. The van der Waals surface area contributed by atoms with Crippen LogP contribution in [0.4, 0.5) is 0 Å². The lowest BCUT2D eigenvalue weighted by molar-refractivity contribution is 0.104. The zero-order chi connectivity index (χ0) is 17.5. The van der Waals surface area contributed by atoms with Gasteiger partial charge in [0.1, 0.15) is 0 Å². The van der Waals surface area contributed by atoms with E-state index in [1.165, 1.54) is 6.08 Å². The Balaban J connectivity index is 2.24. The molecule has 2 aromatic rings. The van der Waals surface area contributed by atoms with Gasteiger partial charge in [-0.2, -0.15) is 5.26 Å². The van der Waals surface area contributed by atoms with Crippen LogP contribution in [-0.4, -0.2) is 19.5 Å². The molecule has 0 aliphatic heterocycles. The van der Waals surface area contributed by atoms with Gasteiger partial charge in [-0.05, 0) is 70.9 Å². The molecule has 0 radical (unpaired) electrons. The zero-order valence-electron chi connectivity index (χ0n) is 13.4. The summed E-state index contributed by atoms with van der Waals surface area (Å²) in [7, 11) is 1.58. The average molecular weight is 386 g/mol. The number of hydrogen-bond acceptors (Lipinski definition) is 4. The van der Waals surface area contributed by atoms with Crippen molar-refractivity contribution in [3.8, 4) is 17.6 Å². The smallest absolute Gasteiger partial charge is 0.185 e. The van der Waals surface area contributed by atoms with E-state index in [9.17, 15) is 4.79 Å². The zero-order valence-corrected chi connectivity index (χ0v) is 15.0. The number of carbonyl (C=O) groups is 1. The van der Waals surface area contributed by atoms with Crippen molar-refractivity contribution >= 4 is 27.8 Å². The van der Waals surface area contributed by atoms with E-state index in [1.54, 1.807) is 37.5 Å². The Hall–Kier alpha value is -2.58. The fourth-order valence-corrected chi connectivity index (χ4v) is 2.74. The van der Waals surface area contributed by atoms with E-state index in [0.717, 1.165) is 10.0 Å². The predicted octanol–water partition coefficient (Wildman–Crippen LogP) is 4.62. The highest BCUT2D eigenvalue weighted by molar-refractivity contribution is 9.10. The molecule has 0 bridgehead atoms. The molecule has 0 saturated carbocycles. The first-order valence-electron chi connectivity index (χ1n) is 7.32. The van der Waals surface area contributed by atoms with Crippen LogP contribution in [0.3, 0.4) is 0 Å². The molecule has 4 nitrogen and oxygen atoms in total. The molecule has 0 saturated heterocycles. The second-order valence-corrected chi connectivity index (χ2v) is 5.71. The molecule has 0 aromatic heterocycles. The summed E-state index contributed by atoms with van der Waals surface area (Å²) in [5.74, 6) is 1.09. The summed E-state index contributed by atoms with van der Waals surface area (Å²) < 4.78 is 11.6. The third kappa shape index (κ3) is 4.24. The number of benzene rings is 2. The number of hydrogen-bond donors (Lipinski definition) is 0. The molecule has 0 spiro atoms. The maximum Gasteiger partial charge on any atom is 0.185 e. The van der Waals surface area contributed by atoms with Gasteiger partial charge in [0.15, 0.2) is 17.3 Å². The van der Waals surface area contributed by atoms with Gasteiger partial charge in [-0.3, -0.25) is 4.79 Å². The lowest BCUT2D eigenvalue weighted by atomic mass is 10.1. The van der Waals surface area contributed by atoms with Gasteiger partial charge >= 0.3 is 0 Å². The Bertz CT molecular complexity index is 805. The van der Waals surface area contributed by atoms with E-state index in [1.807, 2.05) is 25.1 Å². The number of methoxy groups -OCH3 is 1. The largest absolute Gasteiger partial charge is 0.492 e. The molecule has 0 unspecified atom stereocenters. The lowest BCUT2D eigenvalue weighted by Gasteiger charge is -2.12. The number of ketones is 1. The molecule has 0 aliphatic carbocycles. The third-order valence-electron chi connectivity index (χ3n) is 3.26. The Morgan fingerprint density at radius 1 is 1.29 bits per heavy atom. The number of rotatable bonds is 6. The standard InChI is InChI=1S/C19H16BrNO3/c1-3-24-18-11-14(10-16(20)19(18)23-2)6-9-17(22)15-7-4-13(12-21)5-8-15/h4-11H,3H2,1-2H3. The van der Waals surface area contributed by atoms with E-state index in [-0.39, 0.29) is 5.78 Å². The van der Waals surface area contributed by atoms with Crippen molar-refractivity contribution in [1.29, 1.82) is 5.26 Å². The Morgan fingerprint density at radius 2 is 2.00 bits per heavy atom. The maximum absolute atomic E-state index is 12.2. The molecule has 24 heavy (non-hydrogen) atoms. The minimum Gasteiger partial charge on any atom is -0.492 e. The topological polar surface area (TPSA) is 59.3 Å². The van der Waals surface area contributed by atoms with Crippen LogP contribution in [0.2, 0.25) is 0 Å². The molecule has 0 heterocycles. The Labute approximate surface area is 149 Å². The fraction of sp³-hybridized carbons (Fsp3) is 0.158. The van der Waals surface area contributed by atoms with Crippen LogP contribution in [0.1, 0.15) is 28.4 Å². The van der Waals surface area contributed by atoms with E-state index in [0.29, 0.717) is 29.2 Å². The minimum absolute atomic E-state index is 0.135. The fourth-order valence-electron chi connectivity index (χ4n) is 2.12. The quantitative estimate of drug-likeness (QED) is 0.537. The molecule has 2 rings (SSSR count). The SMILES string of the molecule is CCOc1cc(C=CC(=O)c2ccc(C#N)cc2)cc(Br)c1OC. The van der Waals surface area contributed by atoms with Gasteiger partial charge in [0, 0.05) is 5.56 Å². The monoisotopic (exact) mass is 385 g/mol. The molecule has 0 fully saturated rings. The van der Waals surface area contributed by atoms with Crippen LogP contribution in [-0.2, 0) is 0 Å². The Morgan fingerprint density at radius 3 is 2.58 bits per heavy atom. The van der Waals surface area contributed by atoms with Crippen LogP contribution >= 0.6 is 15.9 Å². The van der Waals surface area contributed by atoms with Crippen molar-refractivity contribution < 1.29 is 14.3 Å². The van der Waals surface area contributed by atoms with Gasteiger partial charge in [-0.25, -0.2) is 0 Å². The average Bonchev–Trinajstić information content (AvgIpc) is 2.60. The van der Waals surface area contributed by atoms with Gasteiger partial charge in [0.2, 0.25) is 0 Å². The number of nitriles is 1. The summed E-state index contributed by atoms with van der Waals surface area (Å²) in [5, 5.41) is 8.78. The van der Waals surface area contributed by atoms with Crippen molar-refractivity contribution in [2.45, 2.75) is 6.92 Å². The first kappa shape index (κ1) is 17.8. The van der Waals surface area contributed by atoms with Crippen LogP contribution in [0.15, 0.2) is 46.9 Å². The van der Waals surface area contributed by atoms with Gasteiger partial charge in [-0.15, -0.1) is 0 Å². The van der Waals surface area contributed by atoms with Crippen LogP contribution in [0, 0.1) is 11.3 Å². The second-order valence-electron chi connectivity index (χ2n) is 4.85. The van der Waals surface area contributed by atoms with E-state index < -0.39 is 0 Å². The van der Waals surface area contributed by atoms with Crippen molar-refractivity contribution in [3.63, 3.8) is 0 Å². The summed E-state index contributed by atoms with van der Waals surface area (Å²) in [5.41, 5.74) is 1.87. The predicted molar refractivity (Wildman–Crippen MR) is 96.4 cm³/mol. The highest BCUT2D eigenvalue weighted by Gasteiger charge is 2.10. The van der Waals surface area contributed by atoms with E-state index in [4.69, 9.17) is 14.7 Å². The molecular weight excluding hydrogens is 370 g/mol. The summed E-state index contributed by atoms with van der Waals surface area (Å²) in [6, 6.07) is 12.2. The number of carbonyl (C=O) groups excluding carboxylic acids is 1. The number of nitrogens with zero attached hydrogens (tertiary/aromatic N) is 1. The minimum atomic E-state index is -0.135. The Kier molecular flexibility index (Phi) is 6.16.